The molecule has 0 aliphatic rings. The standard InChI is InChI=1S/C14H24O2/c1-3-4-5-6-7-8-9-10-11-12-13-16-14(2)15/h8-11H,3-7,12-13H2,1-2H3/b9-8-,11-10-. The Labute approximate surface area is 99.4 Å². The predicted molar refractivity (Wildman–Crippen MR) is 68.3 cm³/mol. The second-order valence-electron chi connectivity index (χ2n) is 3.83. The Kier molecular flexibility index (Phi) is 11.2. The summed E-state index contributed by atoms with van der Waals surface area (Å²) in [5.41, 5.74) is 0. The molecule has 0 unspecified atom stereocenters. The van der Waals surface area contributed by atoms with Gasteiger partial charge in [-0.1, -0.05) is 50.5 Å². The summed E-state index contributed by atoms with van der Waals surface area (Å²) in [6, 6.07) is 0. The molecule has 0 amide bonds. The molecule has 0 atom stereocenters. The van der Waals surface area contributed by atoms with E-state index in [1.165, 1.54) is 32.6 Å². The third-order valence-electron chi connectivity index (χ3n) is 2.20. The minimum absolute atomic E-state index is 0.208. The van der Waals surface area contributed by atoms with Crippen LogP contribution in [0.25, 0.3) is 0 Å². The minimum Gasteiger partial charge on any atom is -0.466 e. The summed E-state index contributed by atoms with van der Waals surface area (Å²) in [5.74, 6) is -0.208. The number of carbonyl (C=O) groups is 1. The lowest BCUT2D eigenvalue weighted by Gasteiger charge is -1.95. The van der Waals surface area contributed by atoms with E-state index in [2.05, 4.69) is 19.1 Å². The molecule has 0 aromatic carbocycles. The molecule has 16 heavy (non-hydrogen) atoms. The number of carbonyl (C=O) groups excluding carboxylic acids is 1. The number of unbranched alkanes of at least 4 members (excludes halogenated alkanes) is 4. The first-order valence-corrected chi connectivity index (χ1v) is 6.22. The summed E-state index contributed by atoms with van der Waals surface area (Å²) in [6.45, 7) is 4.14. The zero-order valence-electron chi connectivity index (χ0n) is 10.6. The summed E-state index contributed by atoms with van der Waals surface area (Å²) < 4.78 is 4.80. The molecule has 0 spiro atoms. The summed E-state index contributed by atoms with van der Waals surface area (Å²) in [6.07, 6.45) is 15.5. The number of hydrogen-bond donors (Lipinski definition) is 0. The van der Waals surface area contributed by atoms with Crippen LogP contribution in [0, 0.1) is 0 Å². The van der Waals surface area contributed by atoms with Crippen LogP contribution in [0.15, 0.2) is 24.3 Å². The van der Waals surface area contributed by atoms with Crippen molar-refractivity contribution in [2.24, 2.45) is 0 Å². The Hall–Kier alpha value is -1.05. The van der Waals surface area contributed by atoms with Crippen molar-refractivity contribution in [1.82, 2.24) is 0 Å². The number of hydrogen-bond acceptors (Lipinski definition) is 2. The molecule has 0 heterocycles. The van der Waals surface area contributed by atoms with Crippen molar-refractivity contribution in [2.45, 2.75) is 52.4 Å². The molecule has 0 saturated heterocycles. The fraction of sp³-hybridized carbons (Fsp3) is 0.643. The maximum atomic E-state index is 10.4. The molecule has 92 valence electrons. The maximum Gasteiger partial charge on any atom is 0.302 e. The molecular weight excluding hydrogens is 200 g/mol. The summed E-state index contributed by atoms with van der Waals surface area (Å²) >= 11 is 0. The zero-order valence-corrected chi connectivity index (χ0v) is 10.6. The van der Waals surface area contributed by atoms with Gasteiger partial charge in [0, 0.05) is 6.92 Å². The third kappa shape index (κ3) is 12.9. The molecule has 2 nitrogen and oxygen atoms in total. The first-order chi connectivity index (χ1) is 7.77. The van der Waals surface area contributed by atoms with E-state index in [4.69, 9.17) is 4.74 Å². The second-order valence-corrected chi connectivity index (χ2v) is 3.83. The SMILES string of the molecule is CCCCCC/C=C\C=C/CCOC(C)=O. The topological polar surface area (TPSA) is 26.3 Å². The van der Waals surface area contributed by atoms with Crippen LogP contribution in [0.4, 0.5) is 0 Å². The zero-order chi connectivity index (χ0) is 12.1. The summed E-state index contributed by atoms with van der Waals surface area (Å²) in [4.78, 5) is 10.4. The maximum absolute atomic E-state index is 10.4. The number of allylic oxidation sites excluding steroid dienone is 3. The molecular formula is C14H24O2. The molecule has 2 heteroatoms. The van der Waals surface area contributed by atoms with E-state index in [1.54, 1.807) is 0 Å². The highest BCUT2D eigenvalue weighted by atomic mass is 16.5. The number of rotatable bonds is 9. The molecule has 0 aliphatic carbocycles. The molecule has 0 fully saturated rings. The van der Waals surface area contributed by atoms with Gasteiger partial charge in [-0.3, -0.25) is 4.79 Å². The fourth-order valence-corrected chi connectivity index (χ4v) is 1.31. The summed E-state index contributed by atoms with van der Waals surface area (Å²) in [5, 5.41) is 0. The van der Waals surface area contributed by atoms with Gasteiger partial charge in [-0.15, -0.1) is 0 Å². The van der Waals surface area contributed by atoms with Gasteiger partial charge in [0.25, 0.3) is 0 Å². The Balaban J connectivity index is 3.24. The first-order valence-electron chi connectivity index (χ1n) is 6.22. The van der Waals surface area contributed by atoms with E-state index < -0.39 is 0 Å². The predicted octanol–water partition coefficient (Wildman–Crippen LogP) is 4.02. The lowest BCUT2D eigenvalue weighted by atomic mass is 10.1. The summed E-state index contributed by atoms with van der Waals surface area (Å²) in [7, 11) is 0. The number of esters is 1. The molecule has 0 aromatic rings. The Morgan fingerprint density at radius 1 is 1.06 bits per heavy atom. The normalized spacial score (nSPS) is 11.4. The van der Waals surface area contributed by atoms with Crippen molar-refractivity contribution in [3.8, 4) is 0 Å². The van der Waals surface area contributed by atoms with Gasteiger partial charge in [0.2, 0.25) is 0 Å². The Bertz CT molecular complexity index is 217. The molecule has 0 bridgehead atoms. The average molecular weight is 224 g/mol. The Morgan fingerprint density at radius 2 is 1.75 bits per heavy atom. The highest BCUT2D eigenvalue weighted by Gasteiger charge is 1.87. The molecule has 0 aliphatic heterocycles. The first kappa shape index (κ1) is 14.9. The van der Waals surface area contributed by atoms with Gasteiger partial charge in [-0.2, -0.15) is 0 Å². The smallest absolute Gasteiger partial charge is 0.302 e. The molecule has 0 aromatic heterocycles. The van der Waals surface area contributed by atoms with Gasteiger partial charge in [0.1, 0.15) is 0 Å². The van der Waals surface area contributed by atoms with Crippen LogP contribution < -0.4 is 0 Å². The monoisotopic (exact) mass is 224 g/mol. The van der Waals surface area contributed by atoms with Crippen LogP contribution >= 0.6 is 0 Å². The van der Waals surface area contributed by atoms with Crippen molar-refractivity contribution >= 4 is 5.97 Å². The van der Waals surface area contributed by atoms with Gasteiger partial charge in [-0.25, -0.2) is 0 Å². The van der Waals surface area contributed by atoms with E-state index in [0.717, 1.165) is 12.8 Å². The van der Waals surface area contributed by atoms with Crippen LogP contribution in [-0.2, 0) is 9.53 Å². The second kappa shape index (κ2) is 12.0. The molecule has 0 saturated carbocycles. The molecule has 0 rings (SSSR count). The molecule has 0 radical (unpaired) electrons. The van der Waals surface area contributed by atoms with Crippen LogP contribution in [0.5, 0.6) is 0 Å². The fourth-order valence-electron chi connectivity index (χ4n) is 1.31. The van der Waals surface area contributed by atoms with Gasteiger partial charge < -0.3 is 4.74 Å². The van der Waals surface area contributed by atoms with Crippen LogP contribution in [0.1, 0.15) is 52.4 Å². The minimum atomic E-state index is -0.208. The number of ether oxygens (including phenoxy) is 1. The largest absolute Gasteiger partial charge is 0.466 e. The van der Waals surface area contributed by atoms with Crippen molar-refractivity contribution in [1.29, 1.82) is 0 Å². The quantitative estimate of drug-likeness (QED) is 0.336. The lowest BCUT2D eigenvalue weighted by Crippen LogP contribution is -1.98. The van der Waals surface area contributed by atoms with E-state index in [1.807, 2.05) is 12.2 Å². The van der Waals surface area contributed by atoms with Crippen LogP contribution in [0.2, 0.25) is 0 Å². The van der Waals surface area contributed by atoms with Gasteiger partial charge >= 0.3 is 5.97 Å². The van der Waals surface area contributed by atoms with Crippen LogP contribution in [-0.4, -0.2) is 12.6 Å². The Morgan fingerprint density at radius 3 is 2.38 bits per heavy atom. The van der Waals surface area contributed by atoms with E-state index >= 15 is 0 Å². The van der Waals surface area contributed by atoms with Crippen molar-refractivity contribution < 1.29 is 9.53 Å². The van der Waals surface area contributed by atoms with Gasteiger partial charge in [-0.05, 0) is 19.3 Å². The van der Waals surface area contributed by atoms with Crippen molar-refractivity contribution in [3.63, 3.8) is 0 Å². The highest BCUT2D eigenvalue weighted by Crippen LogP contribution is 2.02. The third-order valence-corrected chi connectivity index (χ3v) is 2.20. The van der Waals surface area contributed by atoms with Crippen molar-refractivity contribution in [3.05, 3.63) is 24.3 Å². The lowest BCUT2D eigenvalue weighted by molar-refractivity contribution is -0.140. The van der Waals surface area contributed by atoms with Crippen molar-refractivity contribution in [2.75, 3.05) is 6.61 Å². The van der Waals surface area contributed by atoms with Crippen LogP contribution in [0.3, 0.4) is 0 Å². The van der Waals surface area contributed by atoms with Gasteiger partial charge in [0.05, 0.1) is 6.61 Å². The average Bonchev–Trinajstić information content (AvgIpc) is 2.25. The van der Waals surface area contributed by atoms with E-state index in [0.29, 0.717) is 6.61 Å². The molecule has 0 N–H and O–H groups in total. The highest BCUT2D eigenvalue weighted by molar-refractivity contribution is 5.65. The van der Waals surface area contributed by atoms with E-state index in [-0.39, 0.29) is 5.97 Å². The van der Waals surface area contributed by atoms with Gasteiger partial charge in [0.15, 0.2) is 0 Å². The van der Waals surface area contributed by atoms with E-state index in [9.17, 15) is 4.79 Å².